The summed E-state index contributed by atoms with van der Waals surface area (Å²) >= 11 is 0. The van der Waals surface area contributed by atoms with Crippen LogP contribution in [-0.4, -0.2) is 65.6 Å². The van der Waals surface area contributed by atoms with Crippen molar-refractivity contribution in [2.24, 2.45) is 0 Å². The third-order valence-corrected chi connectivity index (χ3v) is 0. The molecule has 45 valence electrons. The predicted molar refractivity (Wildman–Crippen MR) is 21.5 cm³/mol. The van der Waals surface area contributed by atoms with Gasteiger partial charge >= 0.3 is 45.1 Å². The van der Waals surface area contributed by atoms with Crippen molar-refractivity contribution in [1.82, 2.24) is 0 Å². The summed E-state index contributed by atoms with van der Waals surface area (Å²) in [6.07, 6.45) is 0. The first-order valence-electron chi connectivity index (χ1n) is 0.775. The van der Waals surface area contributed by atoms with Gasteiger partial charge in [-0.2, -0.15) is 0 Å². The van der Waals surface area contributed by atoms with Gasteiger partial charge in [-0.3, -0.25) is 0 Å². The average Bonchev–Trinajstić information content (AvgIpc) is 0.811. The molecule has 0 bridgehead atoms. The van der Waals surface area contributed by atoms with Gasteiger partial charge in [0.2, 0.25) is 0 Å². The zero-order valence-corrected chi connectivity index (χ0v) is 12.5. The van der Waals surface area contributed by atoms with Crippen LogP contribution in [0.3, 0.4) is 0 Å². The minimum absolute atomic E-state index is 0. The van der Waals surface area contributed by atoms with Crippen LogP contribution in [0.5, 0.6) is 0 Å². The zero-order valence-electron chi connectivity index (χ0n) is 4.30. The summed E-state index contributed by atoms with van der Waals surface area (Å²) in [5.41, 5.74) is 0. The van der Waals surface area contributed by atoms with E-state index in [1.165, 1.54) is 0 Å². The van der Waals surface area contributed by atoms with Gasteiger partial charge in [-0.25, -0.2) is 0 Å². The van der Waals surface area contributed by atoms with Crippen LogP contribution in [0.4, 0.5) is 0 Å². The molecule has 0 aliphatic rings. The summed E-state index contributed by atoms with van der Waals surface area (Å²) in [6, 6.07) is 0. The van der Waals surface area contributed by atoms with Crippen LogP contribution < -0.4 is 0 Å². The molecule has 1 radical (unpaired) electrons. The van der Waals surface area contributed by atoms with E-state index in [4.69, 9.17) is 15.1 Å². The predicted octanol–water partition coefficient (Wildman–Crippen LogP) is -2.88. The Morgan fingerprint density at radius 2 is 1.00 bits per heavy atom. The minimum Gasteiger partial charge on any atom is -0.870 e. The van der Waals surface area contributed by atoms with Crippen molar-refractivity contribution in [2.45, 2.75) is 0 Å². The third kappa shape index (κ3) is 54.9. The monoisotopic (exact) mass is 367 g/mol. The third-order valence-electron chi connectivity index (χ3n) is 0. The van der Waals surface area contributed by atoms with E-state index in [0.717, 1.165) is 0 Å². The van der Waals surface area contributed by atoms with Gasteiger partial charge in [0.05, 0.1) is 0 Å². The van der Waals surface area contributed by atoms with Crippen molar-refractivity contribution in [1.29, 1.82) is 0 Å². The molecule has 0 saturated heterocycles. The maximum absolute atomic E-state index is 7.17. The summed E-state index contributed by atoms with van der Waals surface area (Å²) in [5.74, 6) is 0. The molecule has 0 heterocycles. The Hall–Kier alpha value is 3.59. The molecule has 4 N–H and O–H groups in total. The Balaban J connectivity index is -0.00000000750. The first-order valence-corrected chi connectivity index (χ1v) is 0.775. The fourth-order valence-electron chi connectivity index (χ4n) is 0. The Labute approximate surface area is 135 Å². The van der Waals surface area contributed by atoms with Crippen LogP contribution in [0.1, 0.15) is 0 Å². The average molecular weight is 366 g/mol. The van der Waals surface area contributed by atoms with Gasteiger partial charge in [0.25, 0.3) is 0 Å². The summed E-state index contributed by atoms with van der Waals surface area (Å²) in [6.45, 7) is 0. The van der Waals surface area contributed by atoms with Gasteiger partial charge in [0, 0.05) is 72.6 Å². The molecule has 8 heteroatoms. The van der Waals surface area contributed by atoms with Crippen molar-refractivity contribution in [3.63, 3.8) is 0 Å². The van der Waals surface area contributed by atoms with Gasteiger partial charge in [0.1, 0.15) is 0 Å². The van der Waals surface area contributed by atoms with Gasteiger partial charge in [-0.05, 0) is 0 Å². The normalized spacial score (nSPS) is 3.38. The largest absolute Gasteiger partial charge is 0.870 e. The minimum atomic E-state index is -2.17. The molecule has 0 atom stereocenters. The van der Waals surface area contributed by atoms with Crippen LogP contribution in [0.15, 0.2) is 0 Å². The first kappa shape index (κ1) is 29.9. The number of hydrogen-bond acceptors (Lipinski definition) is 4. The van der Waals surface area contributed by atoms with E-state index >= 15 is 0 Å². The second-order valence-corrected chi connectivity index (χ2v) is 0.346. The van der Waals surface area contributed by atoms with Crippen LogP contribution in [0, 0.1) is 39.9 Å². The summed E-state index contributed by atoms with van der Waals surface area (Å²) in [5, 5.41) is 21.5. The summed E-state index contributed by atoms with van der Waals surface area (Å²) < 4.78 is 0. The molecule has 0 rings (SSSR count). The molecule has 0 aromatic carbocycles. The maximum Gasteiger partial charge on any atom is 0 e. The van der Waals surface area contributed by atoms with E-state index < -0.39 is 7.32 Å². The van der Waals surface area contributed by atoms with Gasteiger partial charge in [0.15, 0.2) is 0 Å². The van der Waals surface area contributed by atoms with Crippen LogP contribution in [0.2, 0.25) is 0 Å². The second-order valence-electron chi connectivity index (χ2n) is 0.346. The molecule has 0 aliphatic heterocycles. The molecular formula is H5BCaGdO4Y. The topological polar surface area (TPSA) is 90.7 Å². The van der Waals surface area contributed by atoms with Crippen LogP contribution >= 0.6 is 0 Å². The Bertz CT molecular complexity index is 20.8. The fourth-order valence-corrected chi connectivity index (χ4v) is 0. The molecule has 0 aromatic heterocycles. The fraction of sp³-hybridized carbons (Fsp3) is 0. The molecule has 0 fully saturated rings. The smallest absolute Gasteiger partial charge is 0 e. The molecule has 0 aliphatic carbocycles. The Kier molecular flexibility index (Phi) is 83.9. The molecule has 8 heavy (non-hydrogen) atoms. The summed E-state index contributed by atoms with van der Waals surface area (Å²) in [7, 11) is -2.17. The molecule has 4 nitrogen and oxygen atoms in total. The van der Waals surface area contributed by atoms with Gasteiger partial charge < -0.3 is 20.5 Å². The van der Waals surface area contributed by atoms with E-state index in [0.29, 0.717) is 0 Å². The van der Waals surface area contributed by atoms with E-state index in [-0.39, 0.29) is 116 Å². The zero-order chi connectivity index (χ0) is 3.58. The standard InChI is InChI=1S/BH3O3.Ca.Gd.H2O.Y.H/c2-1(3)4;;;;;/h2-4H;;;1H2;;/q;+1;;;;/p-1. The van der Waals surface area contributed by atoms with Gasteiger partial charge in [-0.15, -0.1) is 0 Å². The van der Waals surface area contributed by atoms with Crippen molar-refractivity contribution in [2.75, 3.05) is 0 Å². The van der Waals surface area contributed by atoms with Crippen molar-refractivity contribution in [3.05, 3.63) is 0 Å². The van der Waals surface area contributed by atoms with E-state index in [1.54, 1.807) is 0 Å². The first-order chi connectivity index (χ1) is 1.73. The maximum atomic E-state index is 7.17. The van der Waals surface area contributed by atoms with Crippen LogP contribution in [-0.2, 0) is 32.7 Å². The Morgan fingerprint density at radius 1 is 1.00 bits per heavy atom. The van der Waals surface area contributed by atoms with E-state index in [9.17, 15) is 0 Å². The molecule has 0 amide bonds. The Morgan fingerprint density at radius 3 is 1.00 bits per heavy atom. The van der Waals surface area contributed by atoms with Crippen molar-refractivity contribution in [3.8, 4) is 0 Å². The number of rotatable bonds is 0. The molecule has 0 unspecified atom stereocenters. The molecular weight excluding hydrogens is 361 g/mol. The second kappa shape index (κ2) is 22.4. The summed E-state index contributed by atoms with van der Waals surface area (Å²) in [4.78, 5) is 0. The van der Waals surface area contributed by atoms with E-state index in [2.05, 4.69) is 0 Å². The number of hydrogen-bond donors (Lipinski definition) is 3. The quantitative estimate of drug-likeness (QED) is 0.402. The van der Waals surface area contributed by atoms with E-state index in [1.807, 2.05) is 0 Å². The molecule has 0 aromatic rings. The van der Waals surface area contributed by atoms with Crippen LogP contribution in [0.25, 0.3) is 0 Å². The molecule has 0 saturated carbocycles. The SMILES string of the molecule is OB(O)O.[CaH+].[Gd].[OH-].[Y]. The van der Waals surface area contributed by atoms with Crippen molar-refractivity contribution < 1.29 is 93.2 Å². The van der Waals surface area contributed by atoms with Crippen molar-refractivity contribution >= 4 is 45.1 Å². The van der Waals surface area contributed by atoms with Gasteiger partial charge in [-0.1, -0.05) is 0 Å². The molecule has 0 spiro atoms.